The summed E-state index contributed by atoms with van der Waals surface area (Å²) in [7, 11) is 0.00849. The second-order valence-electron chi connectivity index (χ2n) is 7.64. The van der Waals surface area contributed by atoms with Crippen LogP contribution in [0.4, 0.5) is 0 Å². The molecule has 1 aliphatic carbocycles. The van der Waals surface area contributed by atoms with Crippen molar-refractivity contribution in [3.63, 3.8) is 0 Å². The van der Waals surface area contributed by atoms with Crippen LogP contribution in [0, 0.1) is 5.92 Å². The Kier molecular flexibility index (Phi) is 4.69. The van der Waals surface area contributed by atoms with Crippen LogP contribution in [0.25, 0.3) is 0 Å². The van der Waals surface area contributed by atoms with Gasteiger partial charge in [0.1, 0.15) is 13.8 Å². The van der Waals surface area contributed by atoms with Crippen molar-refractivity contribution in [1.82, 2.24) is 0 Å². The molecular formula is C24H26OSi. The number of rotatable bonds is 6. The molecule has 1 nitrogen and oxygen atoms in total. The Bertz CT molecular complexity index is 803. The van der Waals surface area contributed by atoms with Crippen LogP contribution in [0.1, 0.15) is 17.9 Å². The predicted molar refractivity (Wildman–Crippen MR) is 112 cm³/mol. The number of hydrogen-bond acceptors (Lipinski definition) is 1. The van der Waals surface area contributed by atoms with Gasteiger partial charge in [-0.15, -0.1) is 0 Å². The molecule has 1 aliphatic rings. The van der Waals surface area contributed by atoms with Gasteiger partial charge in [-0.2, -0.15) is 0 Å². The molecule has 132 valence electrons. The van der Waals surface area contributed by atoms with E-state index in [1.54, 1.807) is 17.5 Å². The zero-order valence-electron chi connectivity index (χ0n) is 15.6. The molecule has 2 heteroatoms. The Labute approximate surface area is 157 Å². The molecule has 0 unspecified atom stereocenters. The first-order valence-corrected chi connectivity index (χ1v) is 12.2. The van der Waals surface area contributed by atoms with Crippen molar-refractivity contribution in [3.05, 3.63) is 90.5 Å². The molecule has 3 aromatic rings. The van der Waals surface area contributed by atoms with Gasteiger partial charge in [-0.1, -0.05) is 89.7 Å². The molecule has 1 saturated carbocycles. The van der Waals surface area contributed by atoms with Crippen LogP contribution in [-0.2, 0) is 0 Å². The van der Waals surface area contributed by atoms with Crippen LogP contribution in [0.3, 0.4) is 0 Å². The summed E-state index contributed by atoms with van der Waals surface area (Å²) in [5, 5.41) is 3.10. The first kappa shape index (κ1) is 17.1. The van der Waals surface area contributed by atoms with Crippen molar-refractivity contribution < 1.29 is 4.74 Å². The van der Waals surface area contributed by atoms with E-state index in [-0.39, 0.29) is 0 Å². The number of methoxy groups -OCH3 is 1. The lowest BCUT2D eigenvalue weighted by atomic mass is 10.1. The molecule has 0 heterocycles. The Hall–Kier alpha value is -2.32. The lowest BCUT2D eigenvalue weighted by Crippen LogP contribution is -2.55. The fraction of sp³-hybridized carbons (Fsp3) is 0.250. The van der Waals surface area contributed by atoms with E-state index in [2.05, 4.69) is 91.5 Å². The second-order valence-corrected chi connectivity index (χ2v) is 11.9. The minimum absolute atomic E-state index is 0.708. The molecule has 0 saturated heterocycles. The van der Waals surface area contributed by atoms with E-state index in [1.165, 1.54) is 18.0 Å². The van der Waals surface area contributed by atoms with Crippen LogP contribution in [0.2, 0.25) is 12.6 Å². The SMILES string of the molecule is COc1ccc([C@H]2C[C@H]2C[Si](C)(c2ccccc2)c2ccccc2)cc1. The molecule has 26 heavy (non-hydrogen) atoms. The van der Waals surface area contributed by atoms with Gasteiger partial charge in [0.25, 0.3) is 0 Å². The third kappa shape index (κ3) is 3.34. The molecule has 4 rings (SSSR count). The van der Waals surface area contributed by atoms with Crippen molar-refractivity contribution in [2.45, 2.75) is 24.9 Å². The highest BCUT2D eigenvalue weighted by atomic mass is 28.3. The number of hydrogen-bond donors (Lipinski definition) is 0. The third-order valence-electron chi connectivity index (χ3n) is 5.96. The minimum Gasteiger partial charge on any atom is -0.497 e. The maximum Gasteiger partial charge on any atom is 0.118 e. The lowest BCUT2D eigenvalue weighted by Gasteiger charge is -2.29. The largest absolute Gasteiger partial charge is 0.497 e. The summed E-state index contributed by atoms with van der Waals surface area (Å²) in [6.07, 6.45) is 1.31. The van der Waals surface area contributed by atoms with Gasteiger partial charge >= 0.3 is 0 Å². The monoisotopic (exact) mass is 358 g/mol. The number of ether oxygens (including phenoxy) is 1. The molecule has 3 aromatic carbocycles. The zero-order valence-corrected chi connectivity index (χ0v) is 16.6. The van der Waals surface area contributed by atoms with Crippen LogP contribution in [0.15, 0.2) is 84.9 Å². The molecule has 1 fully saturated rings. The highest BCUT2D eigenvalue weighted by molar-refractivity contribution is 7.01. The molecule has 0 spiro atoms. The van der Waals surface area contributed by atoms with E-state index in [0.717, 1.165) is 11.7 Å². The van der Waals surface area contributed by atoms with Crippen LogP contribution in [-0.4, -0.2) is 15.2 Å². The topological polar surface area (TPSA) is 9.23 Å². The first-order chi connectivity index (χ1) is 12.7. The molecule has 0 amide bonds. The maximum atomic E-state index is 5.30. The molecule has 0 aromatic heterocycles. The summed E-state index contributed by atoms with van der Waals surface area (Å²) in [6, 6.07) is 32.4. The molecule has 0 bridgehead atoms. The van der Waals surface area contributed by atoms with Gasteiger partial charge < -0.3 is 4.74 Å². The van der Waals surface area contributed by atoms with E-state index < -0.39 is 8.07 Å². The quantitative estimate of drug-likeness (QED) is 0.581. The maximum absolute atomic E-state index is 5.30. The molecule has 0 N–H and O–H groups in total. The fourth-order valence-corrected chi connectivity index (χ4v) is 8.43. The van der Waals surface area contributed by atoms with Gasteiger partial charge in [-0.05, 0) is 42.0 Å². The van der Waals surface area contributed by atoms with Crippen LogP contribution in [0.5, 0.6) is 5.75 Å². The lowest BCUT2D eigenvalue weighted by molar-refractivity contribution is 0.414. The summed E-state index contributed by atoms with van der Waals surface area (Å²) in [5.74, 6) is 2.44. The van der Waals surface area contributed by atoms with Crippen molar-refractivity contribution in [2.24, 2.45) is 5.92 Å². The van der Waals surface area contributed by atoms with E-state index >= 15 is 0 Å². The summed E-state index contributed by atoms with van der Waals surface area (Å²) in [5.41, 5.74) is 1.47. The Morgan fingerprint density at radius 3 is 1.85 bits per heavy atom. The molecule has 0 aliphatic heterocycles. The van der Waals surface area contributed by atoms with Crippen molar-refractivity contribution >= 4 is 18.4 Å². The average Bonchev–Trinajstić information content (AvgIpc) is 3.48. The van der Waals surface area contributed by atoms with Gasteiger partial charge in [0.2, 0.25) is 0 Å². The summed E-state index contributed by atoms with van der Waals surface area (Å²) in [6.45, 7) is 2.54. The first-order valence-electron chi connectivity index (χ1n) is 9.46. The fourth-order valence-electron chi connectivity index (χ4n) is 4.27. The van der Waals surface area contributed by atoms with Gasteiger partial charge in [0, 0.05) is 0 Å². The van der Waals surface area contributed by atoms with Gasteiger partial charge in [0.05, 0.1) is 7.11 Å². The molecule has 0 radical (unpaired) electrons. The van der Waals surface area contributed by atoms with Crippen molar-refractivity contribution in [3.8, 4) is 5.75 Å². The second kappa shape index (κ2) is 7.12. The predicted octanol–water partition coefficient (Wildman–Crippen LogP) is 4.69. The zero-order chi connectivity index (χ0) is 18.0. The number of benzene rings is 3. The summed E-state index contributed by atoms with van der Waals surface area (Å²) in [4.78, 5) is 0. The molecule has 2 atom stereocenters. The Morgan fingerprint density at radius 1 is 0.808 bits per heavy atom. The van der Waals surface area contributed by atoms with E-state index in [9.17, 15) is 0 Å². The minimum atomic E-state index is -1.72. The van der Waals surface area contributed by atoms with Crippen molar-refractivity contribution in [1.29, 1.82) is 0 Å². The van der Waals surface area contributed by atoms with Gasteiger partial charge in [-0.25, -0.2) is 0 Å². The van der Waals surface area contributed by atoms with E-state index in [4.69, 9.17) is 4.74 Å². The standard InChI is InChI=1S/C24H26OSi/c1-25-21-15-13-19(14-16-21)24-17-20(24)18-26(2,22-9-5-3-6-10-22)23-11-7-4-8-12-23/h3-16,20,24H,17-18H2,1-2H3/t20-,24+/m0/s1. The smallest absolute Gasteiger partial charge is 0.118 e. The van der Waals surface area contributed by atoms with E-state index in [1.807, 2.05) is 0 Å². The highest BCUT2D eigenvalue weighted by Crippen LogP contribution is 2.51. The highest BCUT2D eigenvalue weighted by Gasteiger charge is 2.45. The Morgan fingerprint density at radius 2 is 1.35 bits per heavy atom. The van der Waals surface area contributed by atoms with Crippen LogP contribution < -0.4 is 15.1 Å². The molecular weight excluding hydrogens is 332 g/mol. The summed E-state index contributed by atoms with van der Waals surface area (Å²) < 4.78 is 5.30. The van der Waals surface area contributed by atoms with Gasteiger partial charge in [-0.3, -0.25) is 0 Å². The van der Waals surface area contributed by atoms with Crippen molar-refractivity contribution in [2.75, 3.05) is 7.11 Å². The summed E-state index contributed by atoms with van der Waals surface area (Å²) >= 11 is 0. The van der Waals surface area contributed by atoms with E-state index in [0.29, 0.717) is 5.92 Å². The van der Waals surface area contributed by atoms with Gasteiger partial charge in [0.15, 0.2) is 0 Å². The Balaban J connectivity index is 1.59. The normalized spacial score (nSPS) is 19.2. The van der Waals surface area contributed by atoms with Crippen LogP contribution >= 0.6 is 0 Å². The average molecular weight is 359 g/mol. The third-order valence-corrected chi connectivity index (χ3v) is 10.5.